The Hall–Kier alpha value is -2.17. The Morgan fingerprint density at radius 3 is 2.53 bits per heavy atom. The van der Waals surface area contributed by atoms with Gasteiger partial charge in [-0.15, -0.1) is 0 Å². The molecule has 0 aliphatic carbocycles. The summed E-state index contributed by atoms with van der Waals surface area (Å²) in [6, 6.07) is 5.53. The zero-order valence-electron chi connectivity index (χ0n) is 10.1. The van der Waals surface area contributed by atoms with E-state index in [1.54, 1.807) is 25.1 Å². The lowest BCUT2D eigenvalue weighted by atomic mass is 10.1. The van der Waals surface area contributed by atoms with Gasteiger partial charge in [0.2, 0.25) is 0 Å². The lowest BCUT2D eigenvalue weighted by molar-refractivity contribution is 0.404. The molecule has 1 heterocycles. The topological polar surface area (TPSA) is 62.3 Å². The summed E-state index contributed by atoms with van der Waals surface area (Å²) < 4.78 is 12.3. The summed E-state index contributed by atoms with van der Waals surface area (Å²) in [5.41, 5.74) is 7.48. The van der Waals surface area contributed by atoms with Gasteiger partial charge in [0.15, 0.2) is 0 Å². The van der Waals surface area contributed by atoms with Crippen LogP contribution in [0.2, 0.25) is 0 Å². The van der Waals surface area contributed by atoms with Crippen molar-refractivity contribution in [1.29, 1.82) is 0 Å². The molecule has 1 aromatic carbocycles. The molecular formula is C12H15N3O2. The monoisotopic (exact) mass is 233 g/mol. The molecule has 2 aromatic rings. The third kappa shape index (κ3) is 1.91. The highest BCUT2D eigenvalue weighted by atomic mass is 16.5. The van der Waals surface area contributed by atoms with E-state index in [2.05, 4.69) is 4.98 Å². The second-order valence-corrected chi connectivity index (χ2v) is 3.66. The van der Waals surface area contributed by atoms with Gasteiger partial charge in [-0.3, -0.25) is 0 Å². The molecule has 17 heavy (non-hydrogen) atoms. The zero-order chi connectivity index (χ0) is 12.4. The number of hydrogen-bond donors (Lipinski definition) is 1. The SMILES string of the molecule is COc1ccc(OC)c(-c2ncn(C)c2N)c1. The van der Waals surface area contributed by atoms with Crippen LogP contribution in [0.15, 0.2) is 24.5 Å². The van der Waals surface area contributed by atoms with E-state index in [9.17, 15) is 0 Å². The number of rotatable bonds is 3. The normalized spacial score (nSPS) is 10.3. The van der Waals surface area contributed by atoms with E-state index in [0.717, 1.165) is 17.1 Å². The van der Waals surface area contributed by atoms with Gasteiger partial charge in [-0.25, -0.2) is 4.98 Å². The summed E-state index contributed by atoms with van der Waals surface area (Å²) in [5, 5.41) is 0. The number of ether oxygens (including phenoxy) is 2. The Kier molecular flexibility index (Phi) is 2.91. The van der Waals surface area contributed by atoms with Crippen LogP contribution in [0, 0.1) is 0 Å². The number of nitrogens with two attached hydrogens (primary N) is 1. The van der Waals surface area contributed by atoms with Gasteiger partial charge in [0.05, 0.1) is 20.5 Å². The molecule has 1 aromatic heterocycles. The van der Waals surface area contributed by atoms with Crippen molar-refractivity contribution in [2.45, 2.75) is 0 Å². The maximum absolute atomic E-state index is 5.95. The van der Waals surface area contributed by atoms with Crippen LogP contribution in [0.5, 0.6) is 11.5 Å². The van der Waals surface area contributed by atoms with Gasteiger partial charge in [-0.05, 0) is 18.2 Å². The van der Waals surface area contributed by atoms with Crippen LogP contribution in [0.3, 0.4) is 0 Å². The third-order valence-corrected chi connectivity index (χ3v) is 2.64. The number of anilines is 1. The first-order valence-electron chi connectivity index (χ1n) is 5.16. The Morgan fingerprint density at radius 2 is 2.00 bits per heavy atom. The molecule has 2 rings (SSSR count). The predicted octanol–water partition coefficient (Wildman–Crippen LogP) is 1.69. The molecule has 2 N–H and O–H groups in total. The van der Waals surface area contributed by atoms with Crippen LogP contribution in [0.25, 0.3) is 11.3 Å². The number of hydrogen-bond acceptors (Lipinski definition) is 4. The first-order chi connectivity index (χ1) is 8.17. The molecule has 0 amide bonds. The molecule has 5 nitrogen and oxygen atoms in total. The molecule has 0 aliphatic heterocycles. The molecular weight excluding hydrogens is 218 g/mol. The van der Waals surface area contributed by atoms with E-state index < -0.39 is 0 Å². The first kappa shape index (κ1) is 11.3. The van der Waals surface area contributed by atoms with Crippen molar-refractivity contribution >= 4 is 5.82 Å². The van der Waals surface area contributed by atoms with E-state index >= 15 is 0 Å². The fourth-order valence-corrected chi connectivity index (χ4v) is 1.65. The molecule has 0 unspecified atom stereocenters. The van der Waals surface area contributed by atoms with Crippen molar-refractivity contribution in [2.75, 3.05) is 20.0 Å². The Morgan fingerprint density at radius 1 is 1.24 bits per heavy atom. The van der Waals surface area contributed by atoms with Crippen molar-refractivity contribution in [1.82, 2.24) is 9.55 Å². The van der Waals surface area contributed by atoms with Crippen LogP contribution in [0.4, 0.5) is 5.82 Å². The minimum absolute atomic E-state index is 0.594. The molecule has 0 saturated carbocycles. The Labute approximate surface area is 99.8 Å². The standard InChI is InChI=1S/C12H15N3O2/c1-15-7-14-11(12(15)13)9-6-8(16-2)4-5-10(9)17-3/h4-7H,13H2,1-3H3. The molecule has 90 valence electrons. The molecule has 0 radical (unpaired) electrons. The quantitative estimate of drug-likeness (QED) is 0.876. The highest BCUT2D eigenvalue weighted by molar-refractivity contribution is 5.76. The molecule has 0 aliphatic rings. The maximum atomic E-state index is 5.95. The van der Waals surface area contributed by atoms with E-state index in [1.165, 1.54) is 0 Å². The molecule has 0 saturated heterocycles. The van der Waals surface area contributed by atoms with Gasteiger partial charge in [0.1, 0.15) is 23.0 Å². The van der Waals surface area contributed by atoms with Crippen LogP contribution in [-0.4, -0.2) is 23.8 Å². The number of nitrogen functional groups attached to an aromatic ring is 1. The number of aryl methyl sites for hydroxylation is 1. The smallest absolute Gasteiger partial charge is 0.131 e. The summed E-state index contributed by atoms with van der Waals surface area (Å²) in [6.07, 6.45) is 1.67. The number of benzene rings is 1. The number of aromatic nitrogens is 2. The summed E-state index contributed by atoms with van der Waals surface area (Å²) in [4.78, 5) is 4.27. The summed E-state index contributed by atoms with van der Waals surface area (Å²) in [6.45, 7) is 0. The van der Waals surface area contributed by atoms with Crippen LogP contribution >= 0.6 is 0 Å². The average Bonchev–Trinajstić information content (AvgIpc) is 2.69. The van der Waals surface area contributed by atoms with Gasteiger partial charge in [0, 0.05) is 12.6 Å². The Bertz CT molecular complexity index is 535. The third-order valence-electron chi connectivity index (χ3n) is 2.64. The largest absolute Gasteiger partial charge is 0.497 e. The average molecular weight is 233 g/mol. The predicted molar refractivity (Wildman–Crippen MR) is 66.2 cm³/mol. The van der Waals surface area contributed by atoms with Crippen molar-refractivity contribution in [3.63, 3.8) is 0 Å². The van der Waals surface area contributed by atoms with Crippen LogP contribution in [-0.2, 0) is 7.05 Å². The molecule has 0 fully saturated rings. The summed E-state index contributed by atoms with van der Waals surface area (Å²) in [7, 11) is 5.08. The fraction of sp³-hybridized carbons (Fsp3) is 0.250. The van der Waals surface area contributed by atoms with E-state index in [0.29, 0.717) is 11.5 Å². The summed E-state index contributed by atoms with van der Waals surface area (Å²) in [5.74, 6) is 2.05. The highest BCUT2D eigenvalue weighted by Crippen LogP contribution is 2.35. The van der Waals surface area contributed by atoms with Crippen molar-refractivity contribution in [3.8, 4) is 22.8 Å². The van der Waals surface area contributed by atoms with Crippen molar-refractivity contribution in [2.24, 2.45) is 7.05 Å². The lowest BCUT2D eigenvalue weighted by Crippen LogP contribution is -1.97. The van der Waals surface area contributed by atoms with Gasteiger partial charge in [-0.2, -0.15) is 0 Å². The highest BCUT2D eigenvalue weighted by Gasteiger charge is 2.14. The maximum Gasteiger partial charge on any atom is 0.131 e. The first-order valence-corrected chi connectivity index (χ1v) is 5.16. The zero-order valence-corrected chi connectivity index (χ0v) is 10.1. The minimum Gasteiger partial charge on any atom is -0.497 e. The number of imidazole rings is 1. The van der Waals surface area contributed by atoms with Gasteiger partial charge in [0.25, 0.3) is 0 Å². The molecule has 0 atom stereocenters. The van der Waals surface area contributed by atoms with Gasteiger partial charge < -0.3 is 19.8 Å². The Balaban J connectivity index is 2.60. The number of methoxy groups -OCH3 is 2. The van der Waals surface area contributed by atoms with Gasteiger partial charge in [-0.1, -0.05) is 0 Å². The second-order valence-electron chi connectivity index (χ2n) is 3.66. The number of nitrogens with zero attached hydrogens (tertiary/aromatic N) is 2. The van der Waals surface area contributed by atoms with E-state index in [-0.39, 0.29) is 0 Å². The fourth-order valence-electron chi connectivity index (χ4n) is 1.65. The second kappa shape index (κ2) is 4.37. The van der Waals surface area contributed by atoms with Crippen molar-refractivity contribution in [3.05, 3.63) is 24.5 Å². The lowest BCUT2D eigenvalue weighted by Gasteiger charge is -2.09. The summed E-state index contributed by atoms with van der Waals surface area (Å²) >= 11 is 0. The van der Waals surface area contributed by atoms with Gasteiger partial charge >= 0.3 is 0 Å². The molecule has 0 bridgehead atoms. The minimum atomic E-state index is 0.594. The van der Waals surface area contributed by atoms with Crippen LogP contribution < -0.4 is 15.2 Å². The van der Waals surface area contributed by atoms with E-state index in [4.69, 9.17) is 15.2 Å². The van der Waals surface area contributed by atoms with E-state index in [1.807, 2.05) is 25.2 Å². The van der Waals surface area contributed by atoms with Crippen molar-refractivity contribution < 1.29 is 9.47 Å². The van der Waals surface area contributed by atoms with Crippen LogP contribution in [0.1, 0.15) is 0 Å². The molecule has 0 spiro atoms. The molecule has 5 heteroatoms.